The molecule has 3 aromatic rings. The van der Waals surface area contributed by atoms with E-state index in [2.05, 4.69) is 4.99 Å². The summed E-state index contributed by atoms with van der Waals surface area (Å²) in [6.45, 7) is 3.85. The molecule has 0 spiro atoms. The Bertz CT molecular complexity index is 1300. The molecule has 164 valence electrons. The van der Waals surface area contributed by atoms with Gasteiger partial charge in [-0.3, -0.25) is 9.59 Å². The second kappa shape index (κ2) is 9.13. The van der Waals surface area contributed by atoms with Gasteiger partial charge in [-0.15, -0.1) is 0 Å². The van der Waals surface area contributed by atoms with Crippen molar-refractivity contribution in [3.8, 4) is 0 Å². The molecule has 8 nitrogen and oxygen atoms in total. The van der Waals surface area contributed by atoms with Crippen LogP contribution in [0.15, 0.2) is 52.4 Å². The van der Waals surface area contributed by atoms with Gasteiger partial charge in [-0.05, 0) is 49.7 Å². The number of aromatic nitrogens is 1. The second-order valence-electron chi connectivity index (χ2n) is 6.93. The van der Waals surface area contributed by atoms with Gasteiger partial charge < -0.3 is 9.30 Å². The van der Waals surface area contributed by atoms with Crippen LogP contribution < -0.4 is 4.80 Å². The van der Waals surface area contributed by atoms with Crippen molar-refractivity contribution in [1.29, 1.82) is 0 Å². The predicted octanol–water partition coefficient (Wildman–Crippen LogP) is 2.57. The van der Waals surface area contributed by atoms with E-state index in [1.165, 1.54) is 49.7 Å². The number of ether oxygens (including phenoxy) is 1. The lowest BCUT2D eigenvalue weighted by Crippen LogP contribution is -2.23. The third kappa shape index (κ3) is 4.76. The lowest BCUT2D eigenvalue weighted by atomic mass is 10.2. The molecule has 0 aliphatic heterocycles. The van der Waals surface area contributed by atoms with Crippen LogP contribution in [0.1, 0.15) is 22.8 Å². The number of hydrogen-bond acceptors (Lipinski definition) is 6. The van der Waals surface area contributed by atoms with Gasteiger partial charge in [0.15, 0.2) is 4.80 Å². The van der Waals surface area contributed by atoms with Gasteiger partial charge in [-0.25, -0.2) is 12.7 Å². The number of rotatable bonds is 6. The highest BCUT2D eigenvalue weighted by molar-refractivity contribution is 7.89. The highest BCUT2D eigenvalue weighted by Gasteiger charge is 2.18. The molecule has 0 N–H and O–H groups in total. The number of benzene rings is 2. The normalized spacial score (nSPS) is 12.5. The molecule has 0 radical (unpaired) electrons. The van der Waals surface area contributed by atoms with Crippen LogP contribution in [-0.4, -0.2) is 49.9 Å². The Balaban J connectivity index is 2.05. The average molecular weight is 462 g/mol. The molecule has 1 heterocycles. The van der Waals surface area contributed by atoms with Crippen LogP contribution in [-0.2, 0) is 26.1 Å². The van der Waals surface area contributed by atoms with Gasteiger partial charge in [0, 0.05) is 19.7 Å². The lowest BCUT2D eigenvalue weighted by Gasteiger charge is -2.11. The summed E-state index contributed by atoms with van der Waals surface area (Å²) in [5.74, 6) is -0.951. The molecule has 0 fully saturated rings. The van der Waals surface area contributed by atoms with Gasteiger partial charge in [-0.1, -0.05) is 23.5 Å². The molecule has 0 bridgehead atoms. The van der Waals surface area contributed by atoms with Crippen LogP contribution in [0.4, 0.5) is 0 Å². The average Bonchev–Trinajstić information content (AvgIpc) is 3.06. The van der Waals surface area contributed by atoms with E-state index < -0.39 is 21.9 Å². The predicted molar refractivity (Wildman–Crippen MR) is 118 cm³/mol. The number of hydrogen-bond donors (Lipinski definition) is 0. The first-order chi connectivity index (χ1) is 14.6. The lowest BCUT2D eigenvalue weighted by molar-refractivity contribution is -0.143. The number of fused-ring (bicyclic) bond motifs is 1. The third-order valence-corrected chi connectivity index (χ3v) is 7.45. The summed E-state index contributed by atoms with van der Waals surface area (Å²) < 4.78 is 33.2. The van der Waals surface area contributed by atoms with Crippen molar-refractivity contribution >= 4 is 43.5 Å². The minimum atomic E-state index is -3.59. The number of aryl methyl sites for hydroxylation is 1. The fourth-order valence-corrected chi connectivity index (χ4v) is 5.01. The second-order valence-corrected chi connectivity index (χ2v) is 10.1. The van der Waals surface area contributed by atoms with Crippen LogP contribution in [0, 0.1) is 6.92 Å². The zero-order valence-electron chi connectivity index (χ0n) is 17.7. The molecule has 0 saturated carbocycles. The van der Waals surface area contributed by atoms with Crippen molar-refractivity contribution in [2.24, 2.45) is 4.99 Å². The minimum Gasteiger partial charge on any atom is -0.465 e. The summed E-state index contributed by atoms with van der Waals surface area (Å²) in [5, 5.41) is 0. The van der Waals surface area contributed by atoms with E-state index in [1.54, 1.807) is 11.5 Å². The Morgan fingerprint density at radius 3 is 2.42 bits per heavy atom. The van der Waals surface area contributed by atoms with Gasteiger partial charge in [0.1, 0.15) is 6.54 Å². The number of esters is 1. The Hall–Kier alpha value is -2.82. The van der Waals surface area contributed by atoms with Crippen LogP contribution >= 0.6 is 11.3 Å². The van der Waals surface area contributed by atoms with Crippen molar-refractivity contribution in [3.05, 3.63) is 58.4 Å². The Morgan fingerprint density at radius 1 is 1.13 bits per heavy atom. The molecule has 3 rings (SSSR count). The number of amides is 1. The summed E-state index contributed by atoms with van der Waals surface area (Å²) in [4.78, 5) is 29.6. The molecule has 0 aliphatic rings. The Kier molecular flexibility index (Phi) is 6.73. The summed E-state index contributed by atoms with van der Waals surface area (Å²) in [6, 6.07) is 11.3. The molecule has 31 heavy (non-hydrogen) atoms. The zero-order chi connectivity index (χ0) is 22.8. The van der Waals surface area contributed by atoms with Crippen LogP contribution in [0.25, 0.3) is 10.2 Å². The highest BCUT2D eigenvalue weighted by atomic mass is 32.2. The van der Waals surface area contributed by atoms with E-state index in [0.29, 0.717) is 4.80 Å². The smallest absolute Gasteiger partial charge is 0.326 e. The molecule has 0 atom stereocenters. The maximum absolute atomic E-state index is 12.8. The summed E-state index contributed by atoms with van der Waals surface area (Å²) in [6.07, 6.45) is 0. The van der Waals surface area contributed by atoms with Crippen molar-refractivity contribution in [2.75, 3.05) is 20.7 Å². The zero-order valence-corrected chi connectivity index (χ0v) is 19.3. The number of nitrogens with zero attached hydrogens (tertiary/aromatic N) is 3. The first kappa shape index (κ1) is 22.9. The first-order valence-electron chi connectivity index (χ1n) is 9.51. The summed E-state index contributed by atoms with van der Waals surface area (Å²) in [7, 11) is -0.708. The molecule has 0 unspecified atom stereocenters. The van der Waals surface area contributed by atoms with E-state index in [-0.39, 0.29) is 23.6 Å². The van der Waals surface area contributed by atoms with Crippen molar-refractivity contribution in [3.63, 3.8) is 0 Å². The van der Waals surface area contributed by atoms with Gasteiger partial charge in [0.2, 0.25) is 10.0 Å². The van der Waals surface area contributed by atoms with Gasteiger partial charge in [0.25, 0.3) is 5.91 Å². The molecule has 2 aromatic carbocycles. The molecule has 1 aromatic heterocycles. The minimum absolute atomic E-state index is 0.0647. The SMILES string of the molecule is CCOC(=O)Cn1c(=NC(=O)c2ccc(S(=O)(=O)N(C)C)cc2)sc2cccc(C)c21. The van der Waals surface area contributed by atoms with Gasteiger partial charge in [-0.2, -0.15) is 4.99 Å². The van der Waals surface area contributed by atoms with E-state index in [1.807, 2.05) is 25.1 Å². The summed E-state index contributed by atoms with van der Waals surface area (Å²) in [5.41, 5.74) is 2.01. The third-order valence-electron chi connectivity index (χ3n) is 4.57. The topological polar surface area (TPSA) is 98.0 Å². The molecular formula is C21H23N3O5S2. The van der Waals surface area contributed by atoms with Gasteiger partial charge >= 0.3 is 5.97 Å². The summed E-state index contributed by atoms with van der Waals surface area (Å²) >= 11 is 1.30. The molecular weight excluding hydrogens is 438 g/mol. The van der Waals surface area contributed by atoms with E-state index in [4.69, 9.17) is 4.74 Å². The van der Waals surface area contributed by atoms with E-state index in [9.17, 15) is 18.0 Å². The largest absolute Gasteiger partial charge is 0.465 e. The molecule has 10 heteroatoms. The number of thiazole rings is 1. The molecule has 1 amide bonds. The van der Waals surface area contributed by atoms with Crippen molar-refractivity contribution in [2.45, 2.75) is 25.3 Å². The monoisotopic (exact) mass is 461 g/mol. The number of carbonyl (C=O) groups is 2. The van der Waals surface area contributed by atoms with Crippen LogP contribution in [0.3, 0.4) is 0 Å². The quantitative estimate of drug-likeness (QED) is 0.526. The molecule has 0 saturated heterocycles. The number of carbonyl (C=O) groups excluding carboxylic acids is 2. The standard InChI is InChI=1S/C21H23N3O5S2/c1-5-29-18(25)13-24-19-14(2)7-6-8-17(19)30-21(24)22-20(26)15-9-11-16(12-10-15)31(27,28)23(3)4/h6-12H,5,13H2,1-4H3. The fourth-order valence-electron chi connectivity index (χ4n) is 3.01. The van der Waals surface area contributed by atoms with Crippen LogP contribution in [0.5, 0.6) is 0 Å². The Labute approximate surface area is 184 Å². The van der Waals surface area contributed by atoms with Crippen LogP contribution in [0.2, 0.25) is 0 Å². The van der Waals surface area contributed by atoms with Gasteiger partial charge in [0.05, 0.1) is 21.7 Å². The van der Waals surface area contributed by atoms with E-state index in [0.717, 1.165) is 20.1 Å². The van der Waals surface area contributed by atoms with E-state index >= 15 is 0 Å². The number of sulfonamides is 1. The first-order valence-corrected chi connectivity index (χ1v) is 11.8. The Morgan fingerprint density at radius 2 is 1.81 bits per heavy atom. The van der Waals surface area contributed by atoms with Crippen molar-refractivity contribution in [1.82, 2.24) is 8.87 Å². The maximum atomic E-state index is 12.8. The fraction of sp³-hybridized carbons (Fsp3) is 0.286. The highest BCUT2D eigenvalue weighted by Crippen LogP contribution is 2.21. The van der Waals surface area contributed by atoms with Crippen molar-refractivity contribution < 1.29 is 22.7 Å². The molecule has 0 aliphatic carbocycles. The maximum Gasteiger partial charge on any atom is 0.326 e. The number of para-hydroxylation sites is 1.